The van der Waals surface area contributed by atoms with Gasteiger partial charge in [-0.15, -0.1) is 5.10 Å². The van der Waals surface area contributed by atoms with Gasteiger partial charge in [0, 0.05) is 12.1 Å². The zero-order valence-electron chi connectivity index (χ0n) is 22.3. The molecule has 1 heterocycles. The van der Waals surface area contributed by atoms with Crippen LogP contribution < -0.4 is 4.74 Å². The van der Waals surface area contributed by atoms with E-state index in [1.165, 1.54) is 87.4 Å². The van der Waals surface area contributed by atoms with E-state index in [2.05, 4.69) is 66.3 Å². The first kappa shape index (κ1) is 23.5. The predicted molar refractivity (Wildman–Crippen MR) is 147 cm³/mol. The molecular weight excluding hydrogens is 454 g/mol. The Morgan fingerprint density at radius 3 is 2.68 bits per heavy atom. The molecule has 4 nitrogen and oxygen atoms in total. The second-order valence-electron chi connectivity index (χ2n) is 12.6. The molecule has 4 aliphatic rings. The summed E-state index contributed by atoms with van der Waals surface area (Å²) in [6, 6.07) is 17.9. The third-order valence-corrected chi connectivity index (χ3v) is 10.8. The minimum atomic E-state index is 0.342. The highest BCUT2D eigenvalue weighted by atomic mass is 16.5. The second kappa shape index (κ2) is 9.60. The lowest BCUT2D eigenvalue weighted by atomic mass is 9.55. The summed E-state index contributed by atoms with van der Waals surface area (Å²) in [4.78, 5) is 0. The van der Waals surface area contributed by atoms with Crippen molar-refractivity contribution in [3.05, 3.63) is 77.1 Å². The Hall–Kier alpha value is -2.62. The number of fused-ring (bicyclic) bond motifs is 5. The van der Waals surface area contributed by atoms with Gasteiger partial charge >= 0.3 is 0 Å². The van der Waals surface area contributed by atoms with Gasteiger partial charge in [0.1, 0.15) is 12.4 Å². The van der Waals surface area contributed by atoms with Gasteiger partial charge in [0.05, 0.1) is 11.7 Å². The Morgan fingerprint density at radius 1 is 0.946 bits per heavy atom. The van der Waals surface area contributed by atoms with Crippen LogP contribution in [0.1, 0.15) is 111 Å². The molecule has 5 atom stereocenters. The summed E-state index contributed by atoms with van der Waals surface area (Å²) in [5.41, 5.74) is 5.96. The van der Waals surface area contributed by atoms with Crippen molar-refractivity contribution in [3.8, 4) is 5.75 Å². The average Bonchev–Trinajstić information content (AvgIpc) is 3.57. The first-order valence-corrected chi connectivity index (χ1v) is 14.9. The molecule has 3 fully saturated rings. The van der Waals surface area contributed by atoms with Gasteiger partial charge in [0.25, 0.3) is 0 Å². The highest BCUT2D eigenvalue weighted by Crippen LogP contribution is 2.64. The molecule has 194 valence electrons. The van der Waals surface area contributed by atoms with Crippen molar-refractivity contribution in [3.63, 3.8) is 0 Å². The number of hydrogen-bond acceptors (Lipinski definition) is 3. The van der Waals surface area contributed by atoms with E-state index >= 15 is 0 Å². The summed E-state index contributed by atoms with van der Waals surface area (Å²) in [6.07, 6.45) is 16.7. The third kappa shape index (κ3) is 4.21. The summed E-state index contributed by atoms with van der Waals surface area (Å²) in [5, 5.41) is 9.46. The smallest absolute Gasteiger partial charge is 0.120 e. The van der Waals surface area contributed by atoms with Crippen LogP contribution in [0.2, 0.25) is 0 Å². The van der Waals surface area contributed by atoms with Gasteiger partial charge in [-0.1, -0.05) is 67.8 Å². The van der Waals surface area contributed by atoms with Crippen LogP contribution in [0.25, 0.3) is 0 Å². The van der Waals surface area contributed by atoms with E-state index in [1.54, 1.807) is 5.56 Å². The molecule has 0 bridgehead atoms. The van der Waals surface area contributed by atoms with Crippen molar-refractivity contribution in [1.29, 1.82) is 0 Å². The largest absolute Gasteiger partial charge is 0.489 e. The molecule has 3 saturated carbocycles. The van der Waals surface area contributed by atoms with Gasteiger partial charge in [0.2, 0.25) is 0 Å². The van der Waals surface area contributed by atoms with Crippen molar-refractivity contribution < 1.29 is 4.74 Å². The monoisotopic (exact) mass is 495 g/mol. The molecule has 7 rings (SSSR count). The van der Waals surface area contributed by atoms with Crippen LogP contribution in [-0.2, 0) is 13.0 Å². The van der Waals surface area contributed by atoms with Crippen LogP contribution >= 0.6 is 0 Å². The maximum absolute atomic E-state index is 6.17. The molecule has 3 aromatic rings. The zero-order valence-corrected chi connectivity index (χ0v) is 22.3. The molecule has 0 N–H and O–H groups in total. The van der Waals surface area contributed by atoms with Crippen LogP contribution in [-0.4, -0.2) is 15.0 Å². The molecule has 0 amide bonds. The second-order valence-corrected chi connectivity index (χ2v) is 12.6. The Labute approximate surface area is 221 Å². The number of rotatable bonds is 5. The van der Waals surface area contributed by atoms with Crippen LogP contribution in [0.15, 0.2) is 54.7 Å². The predicted octanol–water partition coefficient (Wildman–Crippen LogP) is 8.00. The van der Waals surface area contributed by atoms with Crippen molar-refractivity contribution in [2.45, 2.75) is 102 Å². The molecule has 0 radical (unpaired) electrons. The first-order valence-electron chi connectivity index (χ1n) is 14.9. The lowest BCUT2D eigenvalue weighted by molar-refractivity contribution is 0.0284. The number of benzene rings is 2. The fraction of sp³-hybridized carbons (Fsp3) is 0.576. The molecule has 37 heavy (non-hydrogen) atoms. The number of hydrogen-bond donors (Lipinski definition) is 0. The van der Waals surface area contributed by atoms with Crippen LogP contribution in [0.5, 0.6) is 5.75 Å². The highest BCUT2D eigenvalue weighted by molar-refractivity contribution is 5.41. The van der Waals surface area contributed by atoms with Crippen LogP contribution in [0, 0.1) is 17.3 Å². The SMILES string of the molecule is C[C@]12CC[C@@H]3c4ccc(OCc5ccccc5)cc4CC[C@H]3[C@@H]1CC[C@H]2n1cc(C2CCCCC2)nn1. The lowest BCUT2D eigenvalue weighted by Gasteiger charge is -2.50. The normalized spacial score (nSPS) is 31.4. The summed E-state index contributed by atoms with van der Waals surface area (Å²) in [7, 11) is 0. The van der Waals surface area contributed by atoms with Gasteiger partial charge in [0.15, 0.2) is 0 Å². The van der Waals surface area contributed by atoms with E-state index in [0.29, 0.717) is 29.9 Å². The summed E-state index contributed by atoms with van der Waals surface area (Å²) in [6.45, 7) is 3.22. The van der Waals surface area contributed by atoms with Crippen LogP contribution in [0.4, 0.5) is 0 Å². The molecular formula is C33H41N3O. The quantitative estimate of drug-likeness (QED) is 0.360. The van der Waals surface area contributed by atoms with Crippen molar-refractivity contribution in [2.24, 2.45) is 17.3 Å². The van der Waals surface area contributed by atoms with Crippen molar-refractivity contribution in [2.75, 3.05) is 0 Å². The van der Waals surface area contributed by atoms with Crippen molar-refractivity contribution >= 4 is 0 Å². The van der Waals surface area contributed by atoms with Crippen molar-refractivity contribution in [1.82, 2.24) is 15.0 Å². The van der Waals surface area contributed by atoms with E-state index in [4.69, 9.17) is 15.0 Å². The number of ether oxygens (including phenoxy) is 1. The topological polar surface area (TPSA) is 39.9 Å². The average molecular weight is 496 g/mol. The van der Waals surface area contributed by atoms with E-state index in [-0.39, 0.29) is 0 Å². The number of nitrogens with zero attached hydrogens (tertiary/aromatic N) is 3. The minimum absolute atomic E-state index is 0.342. The summed E-state index contributed by atoms with van der Waals surface area (Å²) < 4.78 is 8.48. The van der Waals surface area contributed by atoms with Gasteiger partial charge in [-0.3, -0.25) is 0 Å². The Morgan fingerprint density at radius 2 is 1.81 bits per heavy atom. The molecule has 1 aromatic heterocycles. The summed E-state index contributed by atoms with van der Waals surface area (Å²) in [5.74, 6) is 3.95. The Balaban J connectivity index is 1.07. The van der Waals surface area contributed by atoms with E-state index < -0.39 is 0 Å². The number of aryl methyl sites for hydroxylation is 1. The van der Waals surface area contributed by atoms with Gasteiger partial charge in [-0.25, -0.2) is 4.68 Å². The highest BCUT2D eigenvalue weighted by Gasteiger charge is 2.55. The molecule has 4 aliphatic carbocycles. The fourth-order valence-corrected chi connectivity index (χ4v) is 8.82. The first-order chi connectivity index (χ1) is 18.2. The lowest BCUT2D eigenvalue weighted by Crippen LogP contribution is -2.42. The minimum Gasteiger partial charge on any atom is -0.489 e. The van der Waals surface area contributed by atoms with Crippen LogP contribution in [0.3, 0.4) is 0 Å². The molecule has 4 heteroatoms. The third-order valence-electron chi connectivity index (χ3n) is 10.8. The van der Waals surface area contributed by atoms with E-state index in [0.717, 1.165) is 17.6 Å². The zero-order chi connectivity index (χ0) is 24.8. The number of aromatic nitrogens is 3. The van der Waals surface area contributed by atoms with E-state index in [1.807, 2.05) is 0 Å². The molecule has 0 saturated heterocycles. The molecule has 0 aliphatic heterocycles. The molecule has 2 aromatic carbocycles. The standard InChI is InChI=1S/C33H41N3O/c1-33-19-18-28-27-15-13-26(37-22-23-8-4-2-5-9-23)20-25(27)12-14-29(28)30(33)16-17-32(33)36-21-31(34-35-36)24-10-6-3-7-11-24/h2,4-5,8-9,13,15,20-21,24,28-30,32H,3,6-7,10-12,14,16-19,22H2,1H3/t28-,29-,30+,32-,33+/m1/s1. The molecule has 0 spiro atoms. The van der Waals surface area contributed by atoms with Gasteiger partial charge in [-0.05, 0) is 103 Å². The Bertz CT molecular complexity index is 1230. The van der Waals surface area contributed by atoms with E-state index in [9.17, 15) is 0 Å². The Kier molecular flexibility index (Phi) is 6.10. The van der Waals surface area contributed by atoms with Gasteiger partial charge < -0.3 is 4.74 Å². The fourth-order valence-electron chi connectivity index (χ4n) is 8.82. The van der Waals surface area contributed by atoms with Gasteiger partial charge in [-0.2, -0.15) is 0 Å². The molecule has 0 unspecified atom stereocenters. The maximum Gasteiger partial charge on any atom is 0.120 e. The summed E-state index contributed by atoms with van der Waals surface area (Å²) >= 11 is 0. The maximum atomic E-state index is 6.17.